The van der Waals surface area contributed by atoms with E-state index in [9.17, 15) is 4.79 Å². The number of carbonyl (C=O) groups is 1. The second kappa shape index (κ2) is 6.16. The van der Waals surface area contributed by atoms with E-state index in [2.05, 4.69) is 32.6 Å². The number of urea groups is 1. The van der Waals surface area contributed by atoms with Crippen LogP contribution in [0.1, 0.15) is 54.4 Å². The van der Waals surface area contributed by atoms with Crippen LogP contribution in [0.2, 0.25) is 0 Å². The van der Waals surface area contributed by atoms with Gasteiger partial charge in [0.25, 0.3) is 0 Å². The van der Waals surface area contributed by atoms with Crippen LogP contribution in [0.5, 0.6) is 0 Å². The molecule has 0 bridgehead atoms. The molecule has 2 aromatic rings. The molecule has 128 valence electrons. The Morgan fingerprint density at radius 2 is 2.21 bits per heavy atom. The highest BCUT2D eigenvalue weighted by molar-refractivity contribution is 7.15. The van der Waals surface area contributed by atoms with Crippen molar-refractivity contribution in [2.24, 2.45) is 5.92 Å². The number of hydrogen-bond acceptors (Lipinski definition) is 5. The minimum atomic E-state index is -0.215. The second-order valence-corrected chi connectivity index (χ2v) is 7.85. The fraction of sp³-hybridized carbons (Fsp3) is 0.625. The number of amides is 2. The number of rotatable bonds is 2. The number of fused-ring (bicyclic) bond motifs is 2. The lowest BCUT2D eigenvalue weighted by Gasteiger charge is -2.22. The summed E-state index contributed by atoms with van der Waals surface area (Å²) in [7, 11) is 0. The molecule has 4 rings (SSSR count). The molecule has 0 saturated heterocycles. The van der Waals surface area contributed by atoms with Crippen molar-refractivity contribution in [2.75, 3.05) is 5.32 Å². The number of hydrogen-bond donors (Lipinski definition) is 2. The lowest BCUT2D eigenvalue weighted by molar-refractivity contribution is 0.244. The van der Waals surface area contributed by atoms with Gasteiger partial charge in [-0.3, -0.25) is 5.32 Å². The van der Waals surface area contributed by atoms with Crippen molar-refractivity contribution in [3.05, 3.63) is 22.2 Å². The van der Waals surface area contributed by atoms with E-state index in [4.69, 9.17) is 0 Å². The maximum absolute atomic E-state index is 12.4. The van der Waals surface area contributed by atoms with Crippen LogP contribution in [0.15, 0.2) is 0 Å². The number of carbonyl (C=O) groups excluding carboxylic acids is 1. The molecular formula is C16H22N6OS. The predicted molar refractivity (Wildman–Crippen MR) is 92.2 cm³/mol. The first-order valence-corrected chi connectivity index (χ1v) is 9.37. The summed E-state index contributed by atoms with van der Waals surface area (Å²) in [6.45, 7) is 5.01. The zero-order valence-corrected chi connectivity index (χ0v) is 14.8. The molecule has 2 amide bonds. The lowest BCUT2D eigenvalue weighted by atomic mass is 9.93. The molecule has 0 saturated carbocycles. The first-order valence-electron chi connectivity index (χ1n) is 8.56. The summed E-state index contributed by atoms with van der Waals surface area (Å²) in [6, 6.07) is -0.303. The predicted octanol–water partition coefficient (Wildman–Crippen LogP) is 2.82. The van der Waals surface area contributed by atoms with Crippen LogP contribution < -0.4 is 10.6 Å². The summed E-state index contributed by atoms with van der Waals surface area (Å²) in [5.74, 6) is 2.30. The summed E-state index contributed by atoms with van der Waals surface area (Å²) < 4.78 is 1.90. The minimum absolute atomic E-state index is 0.0884. The van der Waals surface area contributed by atoms with Gasteiger partial charge in [-0.1, -0.05) is 6.92 Å². The van der Waals surface area contributed by atoms with Gasteiger partial charge in [0, 0.05) is 11.4 Å². The number of aromatic nitrogens is 4. The van der Waals surface area contributed by atoms with E-state index in [1.165, 1.54) is 11.3 Å². The molecule has 0 fully saturated rings. The Kier molecular flexibility index (Phi) is 3.99. The fourth-order valence-electron chi connectivity index (χ4n) is 3.49. The lowest BCUT2D eigenvalue weighted by Crippen LogP contribution is -2.36. The number of aryl methyl sites for hydroxylation is 3. The molecule has 2 atom stereocenters. The van der Waals surface area contributed by atoms with Gasteiger partial charge in [-0.05, 0) is 44.9 Å². The Bertz CT molecular complexity index is 767. The molecule has 0 spiro atoms. The standard InChI is InChI=1S/C16H22N6OS/c1-9-5-6-11-13(8-9)24-16(19-11)20-15(23)18-12-4-3-7-22-14(12)17-10(2)21-22/h9,12H,3-8H2,1-2H3,(H2,18,19,20,23)/t9-,12-/m1/s1. The molecule has 24 heavy (non-hydrogen) atoms. The minimum Gasteiger partial charge on any atom is -0.328 e. The van der Waals surface area contributed by atoms with E-state index in [0.29, 0.717) is 11.0 Å². The summed E-state index contributed by atoms with van der Waals surface area (Å²) in [5.41, 5.74) is 1.15. The van der Waals surface area contributed by atoms with Gasteiger partial charge in [0.05, 0.1) is 11.7 Å². The van der Waals surface area contributed by atoms with Gasteiger partial charge in [0.2, 0.25) is 0 Å². The Balaban J connectivity index is 1.43. The summed E-state index contributed by atoms with van der Waals surface area (Å²) in [5, 5.41) is 11.0. The van der Waals surface area contributed by atoms with Crippen LogP contribution in [0.4, 0.5) is 9.93 Å². The smallest absolute Gasteiger partial charge is 0.321 e. The molecule has 2 aromatic heterocycles. The van der Waals surface area contributed by atoms with E-state index in [1.54, 1.807) is 11.3 Å². The molecule has 0 aromatic carbocycles. The monoisotopic (exact) mass is 346 g/mol. The Hall–Kier alpha value is -1.96. The molecule has 8 heteroatoms. The zero-order valence-electron chi connectivity index (χ0n) is 14.0. The highest BCUT2D eigenvalue weighted by atomic mass is 32.1. The number of nitrogens with one attached hydrogen (secondary N) is 2. The van der Waals surface area contributed by atoms with Crippen molar-refractivity contribution in [1.29, 1.82) is 0 Å². The third kappa shape index (κ3) is 3.02. The highest BCUT2D eigenvalue weighted by Gasteiger charge is 2.26. The van der Waals surface area contributed by atoms with Crippen molar-refractivity contribution >= 4 is 22.5 Å². The maximum atomic E-state index is 12.4. The van der Waals surface area contributed by atoms with Crippen LogP contribution >= 0.6 is 11.3 Å². The van der Waals surface area contributed by atoms with Gasteiger partial charge >= 0.3 is 6.03 Å². The van der Waals surface area contributed by atoms with Crippen molar-refractivity contribution in [3.63, 3.8) is 0 Å². The summed E-state index contributed by atoms with van der Waals surface area (Å²) in [4.78, 5) is 22.7. The SMILES string of the molecule is Cc1nc2n(n1)CCC[C@H]2NC(=O)Nc1nc2c(s1)C[C@H](C)CC2. The topological polar surface area (TPSA) is 84.7 Å². The van der Waals surface area contributed by atoms with Crippen molar-refractivity contribution in [1.82, 2.24) is 25.1 Å². The molecule has 0 unspecified atom stereocenters. The van der Waals surface area contributed by atoms with Gasteiger partial charge in [0.15, 0.2) is 5.13 Å². The summed E-state index contributed by atoms with van der Waals surface area (Å²) >= 11 is 1.60. The second-order valence-electron chi connectivity index (χ2n) is 6.77. The van der Waals surface area contributed by atoms with Crippen molar-refractivity contribution < 1.29 is 4.79 Å². The normalized spacial score (nSPS) is 22.6. The largest absolute Gasteiger partial charge is 0.328 e. The molecule has 2 aliphatic rings. The number of nitrogens with zero attached hydrogens (tertiary/aromatic N) is 4. The average Bonchev–Trinajstić information content (AvgIpc) is 3.09. The van der Waals surface area contributed by atoms with Gasteiger partial charge in [-0.15, -0.1) is 11.3 Å². The third-order valence-corrected chi connectivity index (χ3v) is 5.73. The van der Waals surface area contributed by atoms with Gasteiger partial charge < -0.3 is 5.32 Å². The number of anilines is 1. The Morgan fingerprint density at radius 3 is 3.08 bits per heavy atom. The van der Waals surface area contributed by atoms with E-state index in [-0.39, 0.29) is 12.1 Å². The maximum Gasteiger partial charge on any atom is 0.321 e. The molecule has 2 N–H and O–H groups in total. The molecule has 3 heterocycles. The molecule has 0 radical (unpaired) electrons. The zero-order chi connectivity index (χ0) is 16.7. The molecule has 7 nitrogen and oxygen atoms in total. The van der Waals surface area contributed by atoms with Gasteiger partial charge in [-0.25, -0.2) is 19.4 Å². The highest BCUT2D eigenvalue weighted by Crippen LogP contribution is 2.32. The van der Waals surface area contributed by atoms with E-state index in [0.717, 1.165) is 49.6 Å². The van der Waals surface area contributed by atoms with E-state index >= 15 is 0 Å². The van der Waals surface area contributed by atoms with Crippen molar-refractivity contribution in [2.45, 2.75) is 58.5 Å². The number of thiazole rings is 1. The molecule has 1 aliphatic carbocycles. The summed E-state index contributed by atoms with van der Waals surface area (Å²) in [6.07, 6.45) is 5.14. The van der Waals surface area contributed by atoms with E-state index < -0.39 is 0 Å². The van der Waals surface area contributed by atoms with Crippen molar-refractivity contribution in [3.8, 4) is 0 Å². The molecular weight excluding hydrogens is 324 g/mol. The van der Waals surface area contributed by atoms with Crippen LogP contribution in [-0.2, 0) is 19.4 Å². The Morgan fingerprint density at radius 1 is 1.33 bits per heavy atom. The van der Waals surface area contributed by atoms with Crippen LogP contribution in [0.3, 0.4) is 0 Å². The van der Waals surface area contributed by atoms with Gasteiger partial charge in [-0.2, -0.15) is 5.10 Å². The third-order valence-electron chi connectivity index (χ3n) is 4.69. The first kappa shape index (κ1) is 15.6. The molecule has 1 aliphatic heterocycles. The van der Waals surface area contributed by atoms with Crippen LogP contribution in [0.25, 0.3) is 0 Å². The van der Waals surface area contributed by atoms with Crippen LogP contribution in [0, 0.1) is 12.8 Å². The quantitative estimate of drug-likeness (QED) is 0.876. The van der Waals surface area contributed by atoms with Crippen LogP contribution in [-0.4, -0.2) is 25.8 Å². The Labute approximate surface area is 144 Å². The first-order chi connectivity index (χ1) is 11.6. The van der Waals surface area contributed by atoms with E-state index in [1.807, 2.05) is 11.6 Å². The average molecular weight is 346 g/mol. The van der Waals surface area contributed by atoms with Gasteiger partial charge in [0.1, 0.15) is 11.6 Å². The fourth-order valence-corrected chi connectivity index (χ4v) is 4.66.